The van der Waals surface area contributed by atoms with Gasteiger partial charge in [0.15, 0.2) is 23.1 Å². The van der Waals surface area contributed by atoms with Crippen LogP contribution in [0.15, 0.2) is 36.7 Å². The molecule has 1 aliphatic heterocycles. The number of aromatic nitrogens is 4. The van der Waals surface area contributed by atoms with Gasteiger partial charge >= 0.3 is 12.6 Å². The number of alkyl halides is 1. The molecule has 1 aromatic carbocycles. The second-order valence-corrected chi connectivity index (χ2v) is 12.7. The number of nitrogen functional groups attached to an aromatic ring is 1. The highest BCUT2D eigenvalue weighted by Crippen LogP contribution is 2.48. The SMILES string of the molecule is COc1nc(N)nc2c1ncn2[C@@H]1O[C@H](CO[P@@](=S)(NC(C)C(=O)OC(C)C)Oc2ccccc2)[C@@H](O)[C@@]1(C)F. The Balaban J connectivity index is 1.56. The zero-order chi connectivity index (χ0) is 29.2. The third-order valence-electron chi connectivity index (χ3n) is 6.00. The van der Waals surface area contributed by atoms with E-state index in [1.54, 1.807) is 51.1 Å². The molecule has 0 spiro atoms. The van der Waals surface area contributed by atoms with Gasteiger partial charge in [0.25, 0.3) is 0 Å². The maximum Gasteiger partial charge on any atom is 0.323 e. The van der Waals surface area contributed by atoms with Crippen LogP contribution in [-0.2, 0) is 30.6 Å². The van der Waals surface area contributed by atoms with E-state index in [9.17, 15) is 9.90 Å². The van der Waals surface area contributed by atoms with Crippen LogP contribution in [0.5, 0.6) is 11.6 Å². The van der Waals surface area contributed by atoms with Gasteiger partial charge in [0.2, 0.25) is 11.8 Å². The Kier molecular flexibility index (Phi) is 8.93. The lowest BCUT2D eigenvalue weighted by molar-refractivity contribution is -0.149. The number of methoxy groups -OCH3 is 1. The van der Waals surface area contributed by atoms with Crippen LogP contribution in [-0.4, -0.2) is 74.3 Å². The molecular formula is C24H32FN6O7PS. The summed E-state index contributed by atoms with van der Waals surface area (Å²) >= 11 is 5.69. The average Bonchev–Trinajstić information content (AvgIpc) is 3.40. The number of anilines is 1. The fraction of sp³-hybridized carbons (Fsp3) is 0.500. The van der Waals surface area contributed by atoms with Crippen molar-refractivity contribution in [3.05, 3.63) is 36.7 Å². The lowest BCUT2D eigenvalue weighted by atomic mass is 9.98. The summed E-state index contributed by atoms with van der Waals surface area (Å²) in [6.07, 6.45) is -3.22. The van der Waals surface area contributed by atoms with E-state index in [-0.39, 0.29) is 35.7 Å². The summed E-state index contributed by atoms with van der Waals surface area (Å²) in [5, 5.41) is 13.8. The van der Waals surface area contributed by atoms with Gasteiger partial charge in [-0.3, -0.25) is 9.36 Å². The zero-order valence-electron chi connectivity index (χ0n) is 22.6. The fourth-order valence-corrected chi connectivity index (χ4v) is 6.49. The first kappa shape index (κ1) is 30.0. The van der Waals surface area contributed by atoms with E-state index in [2.05, 4.69) is 20.0 Å². The van der Waals surface area contributed by atoms with Crippen molar-refractivity contribution < 1.29 is 37.5 Å². The Morgan fingerprint density at radius 3 is 2.67 bits per heavy atom. The molecule has 0 saturated carbocycles. The molecule has 3 aromatic rings. The number of ether oxygens (including phenoxy) is 3. The van der Waals surface area contributed by atoms with Gasteiger partial charge in [-0.1, -0.05) is 18.2 Å². The molecule has 6 atom stereocenters. The molecule has 1 unspecified atom stereocenters. The van der Waals surface area contributed by atoms with E-state index in [4.69, 9.17) is 40.8 Å². The molecule has 3 heterocycles. The van der Waals surface area contributed by atoms with Gasteiger partial charge in [-0.2, -0.15) is 9.97 Å². The summed E-state index contributed by atoms with van der Waals surface area (Å²) in [7, 11) is 1.39. The number of rotatable bonds is 11. The van der Waals surface area contributed by atoms with Crippen molar-refractivity contribution in [2.75, 3.05) is 19.5 Å². The lowest BCUT2D eigenvalue weighted by Gasteiger charge is -2.28. The van der Waals surface area contributed by atoms with Crippen molar-refractivity contribution in [2.45, 2.75) is 63.9 Å². The predicted molar refractivity (Wildman–Crippen MR) is 147 cm³/mol. The lowest BCUT2D eigenvalue weighted by Crippen LogP contribution is -2.41. The van der Waals surface area contributed by atoms with Crippen molar-refractivity contribution >= 4 is 41.5 Å². The molecule has 2 aromatic heterocycles. The maximum atomic E-state index is 16.0. The first-order chi connectivity index (χ1) is 18.8. The van der Waals surface area contributed by atoms with Crippen LogP contribution in [0.4, 0.5) is 10.3 Å². The Bertz CT molecular complexity index is 1390. The minimum Gasteiger partial charge on any atom is -0.479 e. The molecule has 1 fully saturated rings. The number of esters is 1. The molecule has 0 bridgehead atoms. The largest absolute Gasteiger partial charge is 0.479 e. The Labute approximate surface area is 235 Å². The van der Waals surface area contributed by atoms with Crippen molar-refractivity contribution in [1.29, 1.82) is 0 Å². The number of hydrogen-bond acceptors (Lipinski definition) is 12. The first-order valence-electron chi connectivity index (χ1n) is 12.4. The van der Waals surface area contributed by atoms with Crippen molar-refractivity contribution in [3.63, 3.8) is 0 Å². The minimum absolute atomic E-state index is 0.107. The van der Waals surface area contributed by atoms with Crippen LogP contribution >= 0.6 is 6.64 Å². The molecule has 16 heteroatoms. The van der Waals surface area contributed by atoms with E-state index in [0.29, 0.717) is 5.75 Å². The standard InChI is InChI=1S/C24H32FN6O7PS/c1-13(2)36-21(33)14(3)30-39(40,38-15-9-7-6-8-10-15)35-11-16-18(32)24(4,25)22(37-16)31-12-27-17-19(31)28-23(26)29-20(17)34-5/h6-10,12-14,16,18,22,32H,11H2,1-5H3,(H,30,40)(H2,26,28,29)/t14?,16-,18-,22-,24-,39+/m1/s1. The van der Waals surface area contributed by atoms with E-state index in [1.807, 2.05) is 0 Å². The third-order valence-corrected chi connectivity index (χ3v) is 8.50. The highest BCUT2D eigenvalue weighted by Gasteiger charge is 2.56. The number of fused-ring (bicyclic) bond motifs is 1. The molecule has 1 aliphatic rings. The summed E-state index contributed by atoms with van der Waals surface area (Å²) in [6.45, 7) is 2.37. The zero-order valence-corrected chi connectivity index (χ0v) is 24.3. The molecule has 4 N–H and O–H groups in total. The van der Waals surface area contributed by atoms with Crippen molar-refractivity contribution in [3.8, 4) is 11.6 Å². The van der Waals surface area contributed by atoms with Crippen molar-refractivity contribution in [1.82, 2.24) is 24.6 Å². The molecule has 1 saturated heterocycles. The third kappa shape index (κ3) is 6.35. The van der Waals surface area contributed by atoms with Crippen LogP contribution in [0.1, 0.15) is 33.9 Å². The molecule has 4 rings (SSSR count). The van der Waals surface area contributed by atoms with Gasteiger partial charge in [0, 0.05) is 0 Å². The molecular weight excluding hydrogens is 566 g/mol. The Morgan fingerprint density at radius 2 is 2.02 bits per heavy atom. The number of carbonyl (C=O) groups is 1. The molecule has 218 valence electrons. The fourth-order valence-electron chi connectivity index (χ4n) is 4.08. The van der Waals surface area contributed by atoms with E-state index < -0.39 is 42.8 Å². The van der Waals surface area contributed by atoms with E-state index >= 15 is 4.39 Å². The quantitative estimate of drug-likeness (QED) is 0.218. The molecule has 0 radical (unpaired) electrons. The number of aliphatic hydroxyl groups excluding tert-OH is 1. The second-order valence-electron chi connectivity index (χ2n) is 9.57. The highest BCUT2D eigenvalue weighted by molar-refractivity contribution is 8.09. The number of halogens is 1. The van der Waals surface area contributed by atoms with E-state index in [1.165, 1.54) is 24.9 Å². The number of nitrogens with zero attached hydrogens (tertiary/aromatic N) is 4. The van der Waals surface area contributed by atoms with Gasteiger partial charge in [0.05, 0.1) is 26.1 Å². The molecule has 40 heavy (non-hydrogen) atoms. The van der Waals surface area contributed by atoms with Crippen molar-refractivity contribution in [2.24, 2.45) is 0 Å². The number of hydrogen-bond donors (Lipinski definition) is 3. The second kappa shape index (κ2) is 11.9. The summed E-state index contributed by atoms with van der Waals surface area (Å²) < 4.78 is 45.6. The van der Waals surface area contributed by atoms with Crippen LogP contribution in [0, 0.1) is 0 Å². The summed E-state index contributed by atoms with van der Waals surface area (Å²) in [6, 6.07) is 7.74. The number of benzene rings is 1. The summed E-state index contributed by atoms with van der Waals surface area (Å²) in [4.78, 5) is 24.8. The van der Waals surface area contributed by atoms with Crippen LogP contribution in [0.3, 0.4) is 0 Å². The number of nitrogens with one attached hydrogen (secondary N) is 1. The van der Waals surface area contributed by atoms with Gasteiger partial charge in [-0.25, -0.2) is 14.5 Å². The molecule has 13 nitrogen and oxygen atoms in total. The van der Waals surface area contributed by atoms with E-state index in [0.717, 1.165) is 0 Å². The predicted octanol–water partition coefficient (Wildman–Crippen LogP) is 2.65. The van der Waals surface area contributed by atoms with Gasteiger partial charge in [-0.05, 0) is 51.6 Å². The average molecular weight is 599 g/mol. The number of carbonyl (C=O) groups excluding carboxylic acids is 1. The first-order valence-corrected chi connectivity index (χ1v) is 15.0. The normalized spacial score (nSPS) is 25.1. The number of nitrogens with two attached hydrogens (primary N) is 1. The monoisotopic (exact) mass is 598 g/mol. The smallest absolute Gasteiger partial charge is 0.323 e. The summed E-state index contributed by atoms with van der Waals surface area (Å²) in [5.74, 6) is -0.170. The number of imidazole rings is 1. The molecule has 0 amide bonds. The van der Waals surface area contributed by atoms with Crippen LogP contribution < -0.4 is 20.1 Å². The topological polar surface area (TPSA) is 165 Å². The highest BCUT2D eigenvalue weighted by atomic mass is 32.5. The number of aliphatic hydroxyl groups is 1. The summed E-state index contributed by atoms with van der Waals surface area (Å²) in [5.41, 5.74) is 3.88. The minimum atomic E-state index is -3.46. The Morgan fingerprint density at radius 1 is 1.32 bits per heavy atom. The Hall–Kier alpha value is -2.94. The van der Waals surface area contributed by atoms with Gasteiger partial charge in [0.1, 0.15) is 24.0 Å². The molecule has 0 aliphatic carbocycles. The van der Waals surface area contributed by atoms with Crippen LogP contribution in [0.2, 0.25) is 0 Å². The number of para-hydroxylation sites is 1. The van der Waals surface area contributed by atoms with Crippen LogP contribution in [0.25, 0.3) is 11.2 Å². The maximum absolute atomic E-state index is 16.0. The van der Waals surface area contributed by atoms with Gasteiger partial charge in [-0.15, -0.1) is 0 Å². The van der Waals surface area contributed by atoms with Gasteiger partial charge < -0.3 is 34.1 Å².